The topological polar surface area (TPSA) is 79.1 Å². The number of nitriles is 1. The molecule has 1 aromatic heterocycles. The summed E-state index contributed by atoms with van der Waals surface area (Å²) in [6, 6.07) is 20.1. The first-order valence-electron chi connectivity index (χ1n) is 10.2. The quantitative estimate of drug-likeness (QED) is 0.605. The molecular weight excluding hydrogens is 376 g/mol. The minimum absolute atomic E-state index is 0.379. The number of esters is 1. The molecule has 2 heterocycles. The molecule has 1 aliphatic rings. The third-order valence-electron chi connectivity index (χ3n) is 5.70. The zero-order valence-electron chi connectivity index (χ0n) is 17.0. The second kappa shape index (κ2) is 8.91. The summed E-state index contributed by atoms with van der Waals surface area (Å²) in [4.78, 5) is 23.8. The zero-order valence-corrected chi connectivity index (χ0v) is 17.0. The number of carbonyl (C=O) groups is 1. The lowest BCUT2D eigenvalue weighted by molar-refractivity contribution is -0.141. The van der Waals surface area contributed by atoms with Gasteiger partial charge in [0, 0.05) is 13.1 Å². The number of ether oxygens (including phenoxy) is 1. The van der Waals surface area contributed by atoms with E-state index in [1.54, 1.807) is 0 Å². The van der Waals surface area contributed by atoms with Crippen molar-refractivity contribution >= 4 is 22.8 Å². The van der Waals surface area contributed by atoms with Crippen LogP contribution >= 0.6 is 0 Å². The van der Waals surface area contributed by atoms with Crippen LogP contribution in [0.4, 0.5) is 5.82 Å². The van der Waals surface area contributed by atoms with Crippen LogP contribution in [0.15, 0.2) is 54.6 Å². The molecule has 0 bridgehead atoms. The Labute approximate surface area is 176 Å². The molecule has 1 fully saturated rings. The van der Waals surface area contributed by atoms with Crippen molar-refractivity contribution in [3.8, 4) is 6.07 Å². The number of hydrogen-bond acceptors (Lipinski definition) is 6. The number of aromatic nitrogens is 2. The first kappa shape index (κ1) is 19.8. The number of para-hydroxylation sites is 2. The van der Waals surface area contributed by atoms with Crippen molar-refractivity contribution in [2.45, 2.75) is 25.2 Å². The summed E-state index contributed by atoms with van der Waals surface area (Å²) in [6.07, 6.45) is 3.12. The lowest BCUT2D eigenvalue weighted by atomic mass is 9.90. The predicted octanol–water partition coefficient (Wildman–Crippen LogP) is 3.87. The summed E-state index contributed by atoms with van der Waals surface area (Å²) in [5.41, 5.74) is 3.16. The molecule has 6 nitrogen and oxygen atoms in total. The van der Waals surface area contributed by atoms with Gasteiger partial charge in [-0.25, -0.2) is 9.97 Å². The van der Waals surface area contributed by atoms with E-state index in [1.807, 2.05) is 30.3 Å². The van der Waals surface area contributed by atoms with Gasteiger partial charge in [0.1, 0.15) is 5.69 Å². The number of benzene rings is 2. The smallest absolute Gasteiger partial charge is 0.329 e. The first-order chi connectivity index (χ1) is 14.7. The second-order valence-electron chi connectivity index (χ2n) is 7.63. The van der Waals surface area contributed by atoms with Crippen molar-refractivity contribution in [2.75, 3.05) is 25.1 Å². The van der Waals surface area contributed by atoms with Gasteiger partial charge >= 0.3 is 5.97 Å². The fourth-order valence-corrected chi connectivity index (χ4v) is 4.07. The monoisotopic (exact) mass is 400 g/mol. The van der Waals surface area contributed by atoms with E-state index in [0.29, 0.717) is 22.9 Å². The third-order valence-corrected chi connectivity index (χ3v) is 5.70. The molecule has 1 saturated heterocycles. The molecule has 4 rings (SSSR count). The van der Waals surface area contributed by atoms with Gasteiger partial charge in [-0.05, 0) is 42.9 Å². The highest BCUT2D eigenvalue weighted by Gasteiger charge is 2.31. The van der Waals surface area contributed by atoms with Crippen molar-refractivity contribution in [3.05, 3.63) is 65.9 Å². The number of fused-ring (bicyclic) bond motifs is 1. The van der Waals surface area contributed by atoms with Crippen molar-refractivity contribution in [1.29, 1.82) is 5.26 Å². The Hall–Kier alpha value is -3.46. The van der Waals surface area contributed by atoms with Gasteiger partial charge in [-0.15, -0.1) is 0 Å². The fourth-order valence-electron chi connectivity index (χ4n) is 4.07. The number of hydrogen-bond donors (Lipinski definition) is 0. The van der Waals surface area contributed by atoms with E-state index in [4.69, 9.17) is 9.72 Å². The number of rotatable bonds is 5. The van der Waals surface area contributed by atoms with Crippen LogP contribution in [0.2, 0.25) is 0 Å². The molecule has 1 unspecified atom stereocenters. The summed E-state index contributed by atoms with van der Waals surface area (Å²) in [6.45, 7) is 1.63. The summed E-state index contributed by atoms with van der Waals surface area (Å²) in [7, 11) is 1.29. The van der Waals surface area contributed by atoms with Gasteiger partial charge in [0.25, 0.3) is 0 Å². The van der Waals surface area contributed by atoms with Crippen LogP contribution in [0.1, 0.15) is 30.0 Å². The van der Waals surface area contributed by atoms with E-state index in [9.17, 15) is 10.1 Å². The maximum Gasteiger partial charge on any atom is 0.329 e. The van der Waals surface area contributed by atoms with Crippen LogP contribution in [0, 0.1) is 17.2 Å². The maximum atomic E-state index is 12.2. The molecule has 0 aliphatic carbocycles. The van der Waals surface area contributed by atoms with Crippen LogP contribution in [0.5, 0.6) is 0 Å². The van der Waals surface area contributed by atoms with E-state index < -0.39 is 11.9 Å². The minimum Gasteiger partial charge on any atom is -0.468 e. The number of methoxy groups -OCH3 is 1. The van der Waals surface area contributed by atoms with Crippen molar-refractivity contribution in [3.63, 3.8) is 0 Å². The van der Waals surface area contributed by atoms with E-state index in [-0.39, 0.29) is 0 Å². The normalized spacial score (nSPS) is 15.5. The average molecular weight is 400 g/mol. The summed E-state index contributed by atoms with van der Waals surface area (Å²) in [5, 5.41) is 9.64. The lowest BCUT2D eigenvalue weighted by Gasteiger charge is -2.34. The van der Waals surface area contributed by atoms with Crippen LogP contribution in [0.25, 0.3) is 11.0 Å². The molecule has 30 heavy (non-hydrogen) atoms. The van der Waals surface area contributed by atoms with Crippen molar-refractivity contribution in [1.82, 2.24) is 9.97 Å². The highest BCUT2D eigenvalue weighted by Crippen LogP contribution is 2.31. The SMILES string of the molecule is COC(=O)C(C#N)c1nc2ccccc2nc1N1CCC(Cc2ccccc2)CC1. The molecule has 0 saturated carbocycles. The summed E-state index contributed by atoms with van der Waals surface area (Å²) < 4.78 is 4.85. The van der Waals surface area contributed by atoms with E-state index in [1.165, 1.54) is 12.7 Å². The van der Waals surface area contributed by atoms with Gasteiger partial charge in [-0.2, -0.15) is 5.26 Å². The molecule has 0 amide bonds. The molecule has 0 spiro atoms. The Morgan fingerprint density at radius 2 is 1.73 bits per heavy atom. The minimum atomic E-state index is -1.09. The predicted molar refractivity (Wildman–Crippen MR) is 115 cm³/mol. The highest BCUT2D eigenvalue weighted by molar-refractivity contribution is 5.85. The van der Waals surface area contributed by atoms with Gasteiger partial charge in [0.15, 0.2) is 11.7 Å². The van der Waals surface area contributed by atoms with E-state index >= 15 is 0 Å². The number of piperidine rings is 1. The Morgan fingerprint density at radius 3 is 2.37 bits per heavy atom. The highest BCUT2D eigenvalue weighted by atomic mass is 16.5. The Bertz CT molecular complexity index is 1070. The van der Waals surface area contributed by atoms with Crippen LogP contribution in [-0.4, -0.2) is 36.1 Å². The molecular formula is C24H24N4O2. The fraction of sp³-hybridized carbons (Fsp3) is 0.333. The molecule has 1 aliphatic heterocycles. The Morgan fingerprint density at radius 1 is 1.10 bits per heavy atom. The van der Waals surface area contributed by atoms with Gasteiger partial charge in [-0.1, -0.05) is 42.5 Å². The van der Waals surface area contributed by atoms with Crippen molar-refractivity contribution in [2.24, 2.45) is 5.92 Å². The maximum absolute atomic E-state index is 12.2. The second-order valence-corrected chi connectivity index (χ2v) is 7.63. The van der Waals surface area contributed by atoms with Gasteiger partial charge in [0.2, 0.25) is 0 Å². The van der Waals surface area contributed by atoms with Gasteiger partial charge in [0.05, 0.1) is 24.2 Å². The third kappa shape index (κ3) is 4.11. The average Bonchev–Trinajstić information content (AvgIpc) is 2.80. The molecule has 0 N–H and O–H groups in total. The summed E-state index contributed by atoms with van der Waals surface area (Å²) in [5.74, 6) is -0.483. The largest absolute Gasteiger partial charge is 0.468 e. The summed E-state index contributed by atoms with van der Waals surface area (Å²) >= 11 is 0. The van der Waals surface area contributed by atoms with Gasteiger partial charge < -0.3 is 9.64 Å². The number of anilines is 1. The lowest BCUT2D eigenvalue weighted by Crippen LogP contribution is -2.36. The standard InChI is InChI=1S/C24H24N4O2/c1-30-24(29)19(16-25)22-23(27-21-10-6-5-9-20(21)26-22)28-13-11-18(12-14-28)15-17-7-3-2-4-8-17/h2-10,18-19H,11-15H2,1H3. The van der Waals surface area contributed by atoms with Gasteiger partial charge in [-0.3, -0.25) is 4.79 Å². The molecule has 3 aromatic rings. The zero-order chi connectivity index (χ0) is 20.9. The Kier molecular flexibility index (Phi) is 5.89. The first-order valence-corrected chi connectivity index (χ1v) is 10.2. The molecule has 1 atom stereocenters. The molecule has 6 heteroatoms. The number of carbonyl (C=O) groups excluding carboxylic acids is 1. The molecule has 0 radical (unpaired) electrons. The van der Waals surface area contributed by atoms with E-state index in [2.05, 4.69) is 40.2 Å². The van der Waals surface area contributed by atoms with Crippen LogP contribution in [0.3, 0.4) is 0 Å². The number of nitrogens with zero attached hydrogens (tertiary/aromatic N) is 4. The van der Waals surface area contributed by atoms with E-state index in [0.717, 1.165) is 37.9 Å². The molecule has 152 valence electrons. The van der Waals surface area contributed by atoms with Crippen LogP contribution < -0.4 is 4.90 Å². The molecule has 2 aromatic carbocycles. The Balaban J connectivity index is 1.61. The van der Waals surface area contributed by atoms with Crippen LogP contribution in [-0.2, 0) is 16.0 Å². The van der Waals surface area contributed by atoms with Crippen molar-refractivity contribution < 1.29 is 9.53 Å².